The second-order valence-corrected chi connectivity index (χ2v) is 4.59. The summed E-state index contributed by atoms with van der Waals surface area (Å²) in [4.78, 5) is 0. The predicted molar refractivity (Wildman–Crippen MR) is 61.9 cm³/mol. The molecule has 1 fully saturated rings. The molecule has 82 valence electrons. The highest BCUT2D eigenvalue weighted by Crippen LogP contribution is 2.21. The molecule has 0 aromatic heterocycles. The van der Waals surface area contributed by atoms with Crippen LogP contribution in [-0.4, -0.2) is 18.7 Å². The van der Waals surface area contributed by atoms with Crippen molar-refractivity contribution < 1.29 is 4.74 Å². The third kappa shape index (κ3) is 2.58. The normalized spacial score (nSPS) is 25.7. The van der Waals surface area contributed by atoms with Crippen LogP contribution in [0.4, 0.5) is 0 Å². The Balaban J connectivity index is 1.95. The van der Waals surface area contributed by atoms with Gasteiger partial charge in [-0.05, 0) is 37.9 Å². The van der Waals surface area contributed by atoms with Crippen LogP contribution in [0.5, 0.6) is 0 Å². The van der Waals surface area contributed by atoms with Gasteiger partial charge in [-0.2, -0.15) is 0 Å². The van der Waals surface area contributed by atoms with Crippen molar-refractivity contribution in [3.8, 4) is 0 Å². The van der Waals surface area contributed by atoms with Gasteiger partial charge in [0, 0.05) is 6.54 Å². The molecule has 1 atom stereocenters. The molecule has 1 aliphatic rings. The quantitative estimate of drug-likeness (QED) is 0.817. The van der Waals surface area contributed by atoms with Gasteiger partial charge in [0.2, 0.25) is 0 Å². The van der Waals surface area contributed by atoms with Crippen LogP contribution in [-0.2, 0) is 11.3 Å². The van der Waals surface area contributed by atoms with E-state index in [1.807, 2.05) is 0 Å². The zero-order valence-corrected chi connectivity index (χ0v) is 9.55. The maximum absolute atomic E-state index is 5.99. The first-order chi connectivity index (χ1) is 7.20. The number of hydrogen-bond acceptors (Lipinski definition) is 2. The summed E-state index contributed by atoms with van der Waals surface area (Å²) in [5, 5.41) is 3.34. The Labute approximate surface area is 91.6 Å². The lowest BCUT2D eigenvalue weighted by Crippen LogP contribution is -2.31. The maximum atomic E-state index is 5.99. The van der Waals surface area contributed by atoms with Crippen molar-refractivity contribution in [1.82, 2.24) is 5.32 Å². The van der Waals surface area contributed by atoms with Crippen LogP contribution in [0.15, 0.2) is 24.3 Å². The molecule has 0 amide bonds. The molecule has 1 aromatic rings. The molecule has 1 aromatic carbocycles. The van der Waals surface area contributed by atoms with Gasteiger partial charge in [0.15, 0.2) is 0 Å². The summed E-state index contributed by atoms with van der Waals surface area (Å²) < 4.78 is 5.99. The standard InChI is InChI=1S/C13H19NO/c1-11-5-3-4-6-12(11)9-15-13(2)7-8-14-10-13/h3-6,14H,7-10H2,1-2H3. The minimum atomic E-state index is 0.0300. The van der Waals surface area contributed by atoms with Crippen LogP contribution >= 0.6 is 0 Å². The lowest BCUT2D eigenvalue weighted by atomic mass is 10.1. The average molecular weight is 205 g/mol. The van der Waals surface area contributed by atoms with E-state index in [0.717, 1.165) is 26.1 Å². The van der Waals surface area contributed by atoms with Crippen molar-refractivity contribution in [2.45, 2.75) is 32.5 Å². The molecule has 0 radical (unpaired) electrons. The van der Waals surface area contributed by atoms with Crippen molar-refractivity contribution in [3.63, 3.8) is 0 Å². The molecule has 2 heteroatoms. The Morgan fingerprint density at radius 3 is 2.87 bits per heavy atom. The van der Waals surface area contributed by atoms with Gasteiger partial charge in [0.25, 0.3) is 0 Å². The lowest BCUT2D eigenvalue weighted by molar-refractivity contribution is -0.0280. The van der Waals surface area contributed by atoms with E-state index < -0.39 is 0 Å². The fourth-order valence-corrected chi connectivity index (χ4v) is 1.94. The maximum Gasteiger partial charge on any atom is 0.0794 e. The Bertz CT molecular complexity index is 329. The van der Waals surface area contributed by atoms with E-state index in [0.29, 0.717) is 0 Å². The molecule has 2 nitrogen and oxygen atoms in total. The molecule has 15 heavy (non-hydrogen) atoms. The molecule has 0 aliphatic carbocycles. The van der Waals surface area contributed by atoms with E-state index in [9.17, 15) is 0 Å². The van der Waals surface area contributed by atoms with Gasteiger partial charge in [-0.25, -0.2) is 0 Å². The second-order valence-electron chi connectivity index (χ2n) is 4.59. The lowest BCUT2D eigenvalue weighted by Gasteiger charge is -2.23. The molecule has 1 N–H and O–H groups in total. The van der Waals surface area contributed by atoms with Gasteiger partial charge in [0.1, 0.15) is 0 Å². The zero-order chi connectivity index (χ0) is 10.7. The van der Waals surface area contributed by atoms with Crippen molar-refractivity contribution >= 4 is 0 Å². The second kappa shape index (κ2) is 4.33. The molecule has 1 saturated heterocycles. The predicted octanol–water partition coefficient (Wildman–Crippen LogP) is 2.26. The van der Waals surface area contributed by atoms with E-state index in [1.54, 1.807) is 0 Å². The fourth-order valence-electron chi connectivity index (χ4n) is 1.94. The van der Waals surface area contributed by atoms with E-state index >= 15 is 0 Å². The summed E-state index contributed by atoms with van der Waals surface area (Å²) in [6.45, 7) is 7.09. The highest BCUT2D eigenvalue weighted by molar-refractivity contribution is 5.24. The van der Waals surface area contributed by atoms with Crippen molar-refractivity contribution in [1.29, 1.82) is 0 Å². The number of rotatable bonds is 3. The van der Waals surface area contributed by atoms with Gasteiger partial charge < -0.3 is 10.1 Å². The minimum absolute atomic E-state index is 0.0300. The molecule has 1 unspecified atom stereocenters. The van der Waals surface area contributed by atoms with Crippen LogP contribution in [0.25, 0.3) is 0 Å². The van der Waals surface area contributed by atoms with Crippen LogP contribution in [0, 0.1) is 6.92 Å². The summed E-state index contributed by atoms with van der Waals surface area (Å²) >= 11 is 0. The zero-order valence-electron chi connectivity index (χ0n) is 9.55. The largest absolute Gasteiger partial charge is 0.369 e. The molecule has 0 spiro atoms. The smallest absolute Gasteiger partial charge is 0.0794 e. The fraction of sp³-hybridized carbons (Fsp3) is 0.538. The summed E-state index contributed by atoms with van der Waals surface area (Å²) in [5.74, 6) is 0. The van der Waals surface area contributed by atoms with Gasteiger partial charge in [0.05, 0.1) is 12.2 Å². The van der Waals surface area contributed by atoms with Crippen molar-refractivity contribution in [2.24, 2.45) is 0 Å². The van der Waals surface area contributed by atoms with E-state index in [-0.39, 0.29) is 5.60 Å². The molecular formula is C13H19NO. The van der Waals surface area contributed by atoms with Crippen LogP contribution in [0.3, 0.4) is 0 Å². The van der Waals surface area contributed by atoms with Gasteiger partial charge in [-0.15, -0.1) is 0 Å². The van der Waals surface area contributed by atoms with Crippen molar-refractivity contribution in [2.75, 3.05) is 13.1 Å². The topological polar surface area (TPSA) is 21.3 Å². The first kappa shape index (κ1) is 10.7. The summed E-state index contributed by atoms with van der Waals surface area (Å²) in [6, 6.07) is 8.41. The van der Waals surface area contributed by atoms with Crippen LogP contribution < -0.4 is 5.32 Å². The Kier molecular flexibility index (Phi) is 3.08. The molecule has 0 bridgehead atoms. The van der Waals surface area contributed by atoms with Crippen molar-refractivity contribution in [3.05, 3.63) is 35.4 Å². The van der Waals surface area contributed by atoms with Crippen LogP contribution in [0.2, 0.25) is 0 Å². The molecule has 1 heterocycles. The van der Waals surface area contributed by atoms with Crippen LogP contribution in [0.1, 0.15) is 24.5 Å². The third-order valence-electron chi connectivity index (χ3n) is 3.17. The summed E-state index contributed by atoms with van der Waals surface area (Å²) in [6.07, 6.45) is 1.11. The molecule has 1 aliphatic heterocycles. The molecule has 2 rings (SSSR count). The molecular weight excluding hydrogens is 186 g/mol. The van der Waals surface area contributed by atoms with E-state index in [2.05, 4.69) is 43.4 Å². The first-order valence-corrected chi connectivity index (χ1v) is 5.59. The average Bonchev–Trinajstić information content (AvgIpc) is 2.65. The number of aryl methyl sites for hydroxylation is 1. The highest BCUT2D eigenvalue weighted by Gasteiger charge is 2.29. The van der Waals surface area contributed by atoms with E-state index in [4.69, 9.17) is 4.74 Å². The number of nitrogens with one attached hydrogen (secondary N) is 1. The minimum Gasteiger partial charge on any atom is -0.369 e. The molecule has 0 saturated carbocycles. The monoisotopic (exact) mass is 205 g/mol. The number of benzene rings is 1. The SMILES string of the molecule is Cc1ccccc1COC1(C)CCNC1. The summed E-state index contributed by atoms with van der Waals surface area (Å²) in [5.41, 5.74) is 2.64. The first-order valence-electron chi connectivity index (χ1n) is 5.59. The third-order valence-corrected chi connectivity index (χ3v) is 3.17. The Morgan fingerprint density at radius 2 is 2.20 bits per heavy atom. The van der Waals surface area contributed by atoms with Gasteiger partial charge in [-0.3, -0.25) is 0 Å². The van der Waals surface area contributed by atoms with Gasteiger partial charge >= 0.3 is 0 Å². The highest BCUT2D eigenvalue weighted by atomic mass is 16.5. The Hall–Kier alpha value is -0.860. The van der Waals surface area contributed by atoms with Gasteiger partial charge in [-0.1, -0.05) is 24.3 Å². The van der Waals surface area contributed by atoms with E-state index in [1.165, 1.54) is 11.1 Å². The number of ether oxygens (including phenoxy) is 1. The Morgan fingerprint density at radius 1 is 1.40 bits per heavy atom. The number of hydrogen-bond donors (Lipinski definition) is 1. The summed E-state index contributed by atoms with van der Waals surface area (Å²) in [7, 11) is 0.